The van der Waals surface area contributed by atoms with E-state index in [1.807, 2.05) is 19.0 Å². The highest BCUT2D eigenvalue weighted by atomic mass is 19.1. The average Bonchev–Trinajstić information content (AvgIpc) is 3.31. The molecule has 1 heterocycles. The number of H-pyrrole nitrogens is 1. The van der Waals surface area contributed by atoms with Crippen molar-refractivity contribution < 1.29 is 23.0 Å². The molecule has 176 valence electrons. The van der Waals surface area contributed by atoms with Crippen LogP contribution in [0.3, 0.4) is 0 Å². The van der Waals surface area contributed by atoms with Gasteiger partial charge in [-0.3, -0.25) is 9.89 Å². The Hall–Kier alpha value is -3.46. The number of rotatable bonds is 11. The van der Waals surface area contributed by atoms with E-state index in [0.717, 1.165) is 13.0 Å². The molecule has 3 rings (SSSR count). The first-order valence-electron chi connectivity index (χ1n) is 10.6. The molecule has 1 amide bonds. The highest BCUT2D eigenvalue weighted by Crippen LogP contribution is 2.34. The van der Waals surface area contributed by atoms with Gasteiger partial charge < -0.3 is 19.7 Å². The molecule has 2 aromatic carbocycles. The molecule has 0 fully saturated rings. The molecule has 0 saturated heterocycles. The summed E-state index contributed by atoms with van der Waals surface area (Å²) in [5, 5.41) is 9.25. The molecule has 0 aliphatic carbocycles. The number of hydrogen-bond acceptors (Lipinski definition) is 5. The van der Waals surface area contributed by atoms with Crippen LogP contribution >= 0.6 is 0 Å². The monoisotopic (exact) mass is 458 g/mol. The number of methoxy groups -OCH3 is 1. The van der Waals surface area contributed by atoms with Gasteiger partial charge in [-0.25, -0.2) is 8.78 Å². The fraction of sp³-hybridized carbons (Fsp3) is 0.333. The van der Waals surface area contributed by atoms with E-state index in [2.05, 4.69) is 15.5 Å². The number of carbonyl (C=O) groups is 1. The molecule has 2 N–H and O–H groups in total. The first-order valence-corrected chi connectivity index (χ1v) is 10.6. The minimum absolute atomic E-state index is 0.0605. The lowest BCUT2D eigenvalue weighted by molar-refractivity contribution is -0.116. The van der Waals surface area contributed by atoms with Crippen molar-refractivity contribution in [2.24, 2.45) is 0 Å². The van der Waals surface area contributed by atoms with Crippen LogP contribution in [0.2, 0.25) is 0 Å². The Kier molecular flexibility index (Phi) is 8.37. The smallest absolute Gasteiger partial charge is 0.224 e. The van der Waals surface area contributed by atoms with E-state index < -0.39 is 11.6 Å². The second kappa shape index (κ2) is 11.4. The van der Waals surface area contributed by atoms with Gasteiger partial charge in [0.05, 0.1) is 25.6 Å². The fourth-order valence-corrected chi connectivity index (χ4v) is 3.36. The minimum atomic E-state index is -0.515. The van der Waals surface area contributed by atoms with Crippen molar-refractivity contribution in [3.05, 3.63) is 59.9 Å². The first kappa shape index (κ1) is 24.2. The summed E-state index contributed by atoms with van der Waals surface area (Å²) >= 11 is 0. The molecule has 0 unspecified atom stereocenters. The van der Waals surface area contributed by atoms with Crippen LogP contribution in [0.15, 0.2) is 42.7 Å². The molecule has 0 bridgehead atoms. The molecule has 0 spiro atoms. The number of benzene rings is 2. The Labute approximate surface area is 191 Å². The summed E-state index contributed by atoms with van der Waals surface area (Å²) in [4.78, 5) is 14.7. The van der Waals surface area contributed by atoms with Crippen LogP contribution in [-0.2, 0) is 11.2 Å². The first-order chi connectivity index (χ1) is 15.9. The zero-order chi connectivity index (χ0) is 23.8. The third-order valence-corrected chi connectivity index (χ3v) is 5.02. The molecule has 7 nitrogen and oxygen atoms in total. The van der Waals surface area contributed by atoms with Crippen molar-refractivity contribution in [3.8, 4) is 22.6 Å². The number of aromatic amines is 1. The number of halogens is 2. The lowest BCUT2D eigenvalue weighted by Gasteiger charge is -2.16. The Morgan fingerprint density at radius 1 is 1.18 bits per heavy atom. The summed E-state index contributed by atoms with van der Waals surface area (Å²) in [5.74, 6) is -0.404. The maximum atomic E-state index is 14.8. The number of anilines is 1. The number of nitrogens with zero attached hydrogens (tertiary/aromatic N) is 2. The lowest BCUT2D eigenvalue weighted by Crippen LogP contribution is -2.17. The van der Waals surface area contributed by atoms with Gasteiger partial charge in [0.25, 0.3) is 0 Å². The molecule has 0 aliphatic rings. The van der Waals surface area contributed by atoms with Crippen molar-refractivity contribution >= 4 is 11.6 Å². The highest BCUT2D eigenvalue weighted by molar-refractivity contribution is 5.93. The third kappa shape index (κ3) is 6.76. The van der Waals surface area contributed by atoms with Gasteiger partial charge in [0.15, 0.2) is 0 Å². The summed E-state index contributed by atoms with van der Waals surface area (Å²) in [6.07, 6.45) is 4.18. The molecular weight excluding hydrogens is 430 g/mol. The maximum Gasteiger partial charge on any atom is 0.224 e. The van der Waals surface area contributed by atoms with Crippen LogP contribution in [0, 0.1) is 11.6 Å². The van der Waals surface area contributed by atoms with Crippen LogP contribution in [0.1, 0.15) is 18.4 Å². The van der Waals surface area contributed by atoms with Gasteiger partial charge >= 0.3 is 0 Å². The van der Waals surface area contributed by atoms with Crippen LogP contribution in [0.4, 0.5) is 14.5 Å². The van der Waals surface area contributed by atoms with E-state index in [4.69, 9.17) is 9.47 Å². The third-order valence-electron chi connectivity index (χ3n) is 5.02. The zero-order valence-electron chi connectivity index (χ0n) is 19.0. The average molecular weight is 459 g/mol. The van der Waals surface area contributed by atoms with Crippen molar-refractivity contribution in [1.82, 2.24) is 15.1 Å². The van der Waals surface area contributed by atoms with Gasteiger partial charge in [-0.1, -0.05) is 0 Å². The second-order valence-corrected chi connectivity index (χ2v) is 7.82. The van der Waals surface area contributed by atoms with E-state index >= 15 is 0 Å². The van der Waals surface area contributed by atoms with E-state index in [1.165, 1.54) is 37.6 Å². The molecule has 1 aromatic heterocycles. The van der Waals surface area contributed by atoms with Crippen LogP contribution < -0.4 is 14.8 Å². The Balaban J connectivity index is 1.75. The van der Waals surface area contributed by atoms with Gasteiger partial charge in [0.2, 0.25) is 5.91 Å². The van der Waals surface area contributed by atoms with E-state index in [9.17, 15) is 13.6 Å². The molecule has 0 atom stereocenters. The largest absolute Gasteiger partial charge is 0.496 e. The standard InChI is InChI=1S/C24H28F2N4O3/c1-30(2)9-4-10-33-23-12-19(17-14-27-28-15-17)20(26)13-21(23)29-24(31)8-5-16-11-18(25)6-7-22(16)32-3/h6-7,11-15H,4-5,8-10H2,1-3H3,(H,27,28)(H,29,31). The normalized spacial score (nSPS) is 11.0. The topological polar surface area (TPSA) is 79.5 Å². The second-order valence-electron chi connectivity index (χ2n) is 7.82. The SMILES string of the molecule is COc1ccc(F)cc1CCC(=O)Nc1cc(F)c(-c2cn[nH]c2)cc1OCCCN(C)C. The van der Waals surface area contributed by atoms with Crippen LogP contribution in [0.25, 0.3) is 11.1 Å². The van der Waals surface area contributed by atoms with Gasteiger partial charge in [-0.2, -0.15) is 5.10 Å². The number of hydrogen-bond donors (Lipinski definition) is 2. The molecule has 0 saturated carbocycles. The van der Waals surface area contributed by atoms with Gasteiger partial charge in [0.1, 0.15) is 23.1 Å². The summed E-state index contributed by atoms with van der Waals surface area (Å²) < 4.78 is 39.5. The lowest BCUT2D eigenvalue weighted by atomic mass is 10.1. The Morgan fingerprint density at radius 2 is 2.00 bits per heavy atom. The molecule has 0 aliphatic heterocycles. The predicted molar refractivity (Wildman–Crippen MR) is 123 cm³/mol. The van der Waals surface area contributed by atoms with Gasteiger partial charge in [-0.05, 0) is 56.8 Å². The quantitative estimate of drug-likeness (QED) is 0.420. The fourth-order valence-electron chi connectivity index (χ4n) is 3.36. The maximum absolute atomic E-state index is 14.8. The molecule has 0 radical (unpaired) electrons. The van der Waals surface area contributed by atoms with E-state index in [-0.39, 0.29) is 24.4 Å². The predicted octanol–water partition coefficient (Wildman–Crippen LogP) is 4.27. The number of aromatic nitrogens is 2. The summed E-state index contributed by atoms with van der Waals surface area (Å²) in [6, 6.07) is 6.95. The van der Waals surface area contributed by atoms with Gasteiger partial charge in [0, 0.05) is 36.4 Å². The summed E-state index contributed by atoms with van der Waals surface area (Å²) in [5.41, 5.74) is 1.70. The summed E-state index contributed by atoms with van der Waals surface area (Å²) in [7, 11) is 5.42. The van der Waals surface area contributed by atoms with Crippen LogP contribution in [0.5, 0.6) is 11.5 Å². The summed E-state index contributed by atoms with van der Waals surface area (Å²) in [6.45, 7) is 1.23. The van der Waals surface area contributed by atoms with E-state index in [1.54, 1.807) is 12.3 Å². The number of amides is 1. The molecule has 3 aromatic rings. The van der Waals surface area contributed by atoms with Crippen LogP contribution in [-0.4, -0.2) is 55.4 Å². The number of aryl methyl sites for hydroxylation is 1. The molecule has 33 heavy (non-hydrogen) atoms. The number of ether oxygens (including phenoxy) is 2. The Bertz CT molecular complexity index is 1070. The van der Waals surface area contributed by atoms with Crippen molar-refractivity contribution in [1.29, 1.82) is 0 Å². The Morgan fingerprint density at radius 3 is 2.70 bits per heavy atom. The van der Waals surface area contributed by atoms with Crippen molar-refractivity contribution in [3.63, 3.8) is 0 Å². The number of carbonyl (C=O) groups excluding carboxylic acids is 1. The number of nitrogens with one attached hydrogen (secondary N) is 2. The zero-order valence-corrected chi connectivity index (χ0v) is 19.0. The highest BCUT2D eigenvalue weighted by Gasteiger charge is 2.16. The van der Waals surface area contributed by atoms with E-state index in [0.29, 0.717) is 34.8 Å². The molecular formula is C24H28F2N4O3. The van der Waals surface area contributed by atoms with Gasteiger partial charge in [-0.15, -0.1) is 0 Å². The minimum Gasteiger partial charge on any atom is -0.496 e. The van der Waals surface area contributed by atoms with Crippen molar-refractivity contribution in [2.75, 3.05) is 39.7 Å². The van der Waals surface area contributed by atoms with Crippen molar-refractivity contribution in [2.45, 2.75) is 19.3 Å². The molecule has 9 heteroatoms.